The molecule has 1 saturated heterocycles. The third-order valence-corrected chi connectivity index (χ3v) is 3.69. The molecule has 5 nitrogen and oxygen atoms in total. The lowest BCUT2D eigenvalue weighted by molar-refractivity contribution is -0.385. The van der Waals surface area contributed by atoms with Crippen LogP contribution in [0.5, 0.6) is 0 Å². The van der Waals surface area contributed by atoms with Gasteiger partial charge in [-0.1, -0.05) is 6.92 Å². The van der Waals surface area contributed by atoms with Crippen molar-refractivity contribution in [2.24, 2.45) is 11.7 Å². The highest BCUT2D eigenvalue weighted by molar-refractivity contribution is 5.85. The number of benzene rings is 1. The van der Waals surface area contributed by atoms with Gasteiger partial charge in [0.15, 0.2) is 0 Å². The minimum atomic E-state index is -0.464. The maximum absolute atomic E-state index is 13.2. The van der Waals surface area contributed by atoms with Crippen LogP contribution in [0.15, 0.2) is 18.2 Å². The number of rotatable bonds is 3. The van der Waals surface area contributed by atoms with E-state index in [1.54, 1.807) is 0 Å². The summed E-state index contributed by atoms with van der Waals surface area (Å²) in [5.41, 5.74) is 6.34. The fourth-order valence-electron chi connectivity index (χ4n) is 2.49. The molecule has 1 fully saturated rings. The standard InChI is InChI=1S/C13H18FN3O2.ClH/c1-9-7-16(5-4-12(9)15)8-10-6-11(14)2-3-13(10)17(18)19;/h2-3,6,9,12H,4-5,7-8,15H2,1H3;1H. The van der Waals surface area contributed by atoms with E-state index in [-0.39, 0.29) is 24.1 Å². The third kappa shape index (κ3) is 3.88. The molecule has 112 valence electrons. The van der Waals surface area contributed by atoms with Gasteiger partial charge in [0.2, 0.25) is 0 Å². The summed E-state index contributed by atoms with van der Waals surface area (Å²) in [6.07, 6.45) is 0.865. The maximum atomic E-state index is 13.2. The minimum absolute atomic E-state index is 0. The van der Waals surface area contributed by atoms with E-state index in [1.165, 1.54) is 12.1 Å². The number of piperidine rings is 1. The van der Waals surface area contributed by atoms with E-state index in [0.717, 1.165) is 25.6 Å². The summed E-state index contributed by atoms with van der Waals surface area (Å²) in [5, 5.41) is 10.9. The van der Waals surface area contributed by atoms with E-state index in [9.17, 15) is 14.5 Å². The van der Waals surface area contributed by atoms with Gasteiger partial charge < -0.3 is 5.73 Å². The number of halogens is 2. The van der Waals surface area contributed by atoms with Crippen LogP contribution in [-0.2, 0) is 6.54 Å². The first-order chi connectivity index (χ1) is 8.97. The van der Waals surface area contributed by atoms with Crippen molar-refractivity contribution in [3.8, 4) is 0 Å². The van der Waals surface area contributed by atoms with E-state index in [2.05, 4.69) is 11.8 Å². The van der Waals surface area contributed by atoms with E-state index >= 15 is 0 Å². The van der Waals surface area contributed by atoms with Crippen molar-refractivity contribution >= 4 is 18.1 Å². The van der Waals surface area contributed by atoms with Gasteiger partial charge in [0.05, 0.1) is 4.92 Å². The Morgan fingerprint density at radius 2 is 2.25 bits per heavy atom. The molecule has 0 saturated carbocycles. The molecule has 2 rings (SSSR count). The van der Waals surface area contributed by atoms with Crippen LogP contribution in [-0.4, -0.2) is 29.0 Å². The summed E-state index contributed by atoms with van der Waals surface area (Å²) >= 11 is 0. The molecule has 0 aromatic heterocycles. The van der Waals surface area contributed by atoms with Gasteiger partial charge in [-0.05, 0) is 31.0 Å². The zero-order valence-electron chi connectivity index (χ0n) is 11.3. The predicted octanol–water partition coefficient (Wildman–Crippen LogP) is 2.32. The lowest BCUT2D eigenvalue weighted by Crippen LogP contribution is -2.45. The molecule has 0 spiro atoms. The number of nitro benzene ring substituents is 1. The lowest BCUT2D eigenvalue weighted by atomic mass is 9.94. The molecule has 2 unspecified atom stereocenters. The number of nitro groups is 1. The lowest BCUT2D eigenvalue weighted by Gasteiger charge is -2.34. The molecule has 1 aromatic carbocycles. The number of likely N-dealkylation sites (tertiary alicyclic amines) is 1. The largest absolute Gasteiger partial charge is 0.327 e. The molecule has 1 aromatic rings. The van der Waals surface area contributed by atoms with Crippen LogP contribution in [0, 0.1) is 21.8 Å². The molecular formula is C13H19ClFN3O2. The Hall–Kier alpha value is -1.24. The number of hydrogen-bond donors (Lipinski definition) is 1. The molecule has 2 atom stereocenters. The Morgan fingerprint density at radius 3 is 2.85 bits per heavy atom. The summed E-state index contributed by atoms with van der Waals surface area (Å²) < 4.78 is 13.2. The maximum Gasteiger partial charge on any atom is 0.274 e. The fourth-order valence-corrected chi connectivity index (χ4v) is 2.49. The Bertz CT molecular complexity index is 487. The predicted molar refractivity (Wildman–Crippen MR) is 77.3 cm³/mol. The molecule has 1 aliphatic heterocycles. The van der Waals surface area contributed by atoms with Crippen molar-refractivity contribution in [2.45, 2.75) is 25.9 Å². The normalized spacial score (nSPS) is 23.1. The second kappa shape index (κ2) is 6.97. The second-order valence-electron chi connectivity index (χ2n) is 5.20. The second-order valence-corrected chi connectivity index (χ2v) is 5.20. The van der Waals surface area contributed by atoms with Crippen LogP contribution in [0.1, 0.15) is 18.9 Å². The molecule has 1 heterocycles. The van der Waals surface area contributed by atoms with Crippen molar-refractivity contribution in [1.82, 2.24) is 4.90 Å². The quantitative estimate of drug-likeness (QED) is 0.687. The van der Waals surface area contributed by atoms with E-state index in [1.807, 2.05) is 0 Å². The molecular weight excluding hydrogens is 285 g/mol. The number of hydrogen-bond acceptors (Lipinski definition) is 4. The molecule has 2 N–H and O–H groups in total. The van der Waals surface area contributed by atoms with Crippen molar-refractivity contribution in [3.63, 3.8) is 0 Å². The summed E-state index contributed by atoms with van der Waals surface area (Å²) in [4.78, 5) is 12.6. The first-order valence-electron chi connectivity index (χ1n) is 6.38. The minimum Gasteiger partial charge on any atom is -0.327 e. The molecule has 0 aliphatic carbocycles. The first-order valence-corrected chi connectivity index (χ1v) is 6.38. The number of nitrogens with two attached hydrogens (primary N) is 1. The topological polar surface area (TPSA) is 72.4 Å². The van der Waals surface area contributed by atoms with Gasteiger partial charge in [0, 0.05) is 30.8 Å². The number of nitrogens with zero attached hydrogens (tertiary/aromatic N) is 2. The zero-order valence-corrected chi connectivity index (χ0v) is 12.1. The fraction of sp³-hybridized carbons (Fsp3) is 0.538. The van der Waals surface area contributed by atoms with Crippen LogP contribution in [0.4, 0.5) is 10.1 Å². The molecule has 7 heteroatoms. The Labute approximate surface area is 123 Å². The van der Waals surface area contributed by atoms with Crippen LogP contribution in [0.2, 0.25) is 0 Å². The first kappa shape index (κ1) is 16.8. The van der Waals surface area contributed by atoms with Crippen molar-refractivity contribution < 1.29 is 9.31 Å². The van der Waals surface area contributed by atoms with Gasteiger partial charge in [0.1, 0.15) is 5.82 Å². The molecule has 20 heavy (non-hydrogen) atoms. The van der Waals surface area contributed by atoms with Gasteiger partial charge >= 0.3 is 0 Å². The van der Waals surface area contributed by atoms with Crippen LogP contribution < -0.4 is 5.73 Å². The highest BCUT2D eigenvalue weighted by Gasteiger charge is 2.25. The average Bonchev–Trinajstić information content (AvgIpc) is 2.33. The van der Waals surface area contributed by atoms with Crippen LogP contribution in [0.3, 0.4) is 0 Å². The van der Waals surface area contributed by atoms with E-state index in [4.69, 9.17) is 5.73 Å². The van der Waals surface area contributed by atoms with Crippen LogP contribution in [0.25, 0.3) is 0 Å². The summed E-state index contributed by atoms with van der Waals surface area (Å²) in [6.45, 7) is 4.04. The van der Waals surface area contributed by atoms with Gasteiger partial charge in [-0.25, -0.2) is 4.39 Å². The molecule has 0 amide bonds. The monoisotopic (exact) mass is 303 g/mol. The highest BCUT2D eigenvalue weighted by atomic mass is 35.5. The Kier molecular flexibility index (Phi) is 5.86. The van der Waals surface area contributed by atoms with Gasteiger partial charge in [0.25, 0.3) is 5.69 Å². The summed E-state index contributed by atoms with van der Waals surface area (Å²) in [7, 11) is 0. The SMILES string of the molecule is CC1CN(Cc2cc(F)ccc2[N+](=O)[O-])CCC1N.Cl. The van der Waals surface area contributed by atoms with E-state index in [0.29, 0.717) is 18.0 Å². The van der Waals surface area contributed by atoms with Crippen molar-refractivity contribution in [2.75, 3.05) is 13.1 Å². The smallest absolute Gasteiger partial charge is 0.274 e. The molecule has 0 radical (unpaired) electrons. The Balaban J connectivity index is 0.00000200. The third-order valence-electron chi connectivity index (χ3n) is 3.69. The van der Waals surface area contributed by atoms with Crippen molar-refractivity contribution in [1.29, 1.82) is 0 Å². The summed E-state index contributed by atoms with van der Waals surface area (Å²) in [6, 6.07) is 3.77. The molecule has 0 bridgehead atoms. The van der Waals surface area contributed by atoms with Gasteiger partial charge in [-0.15, -0.1) is 12.4 Å². The van der Waals surface area contributed by atoms with Crippen molar-refractivity contribution in [3.05, 3.63) is 39.7 Å². The average molecular weight is 304 g/mol. The highest BCUT2D eigenvalue weighted by Crippen LogP contribution is 2.24. The van der Waals surface area contributed by atoms with Crippen LogP contribution >= 0.6 is 12.4 Å². The van der Waals surface area contributed by atoms with Gasteiger partial charge in [-0.2, -0.15) is 0 Å². The van der Waals surface area contributed by atoms with Gasteiger partial charge in [-0.3, -0.25) is 15.0 Å². The summed E-state index contributed by atoms with van der Waals surface area (Å²) in [5.74, 6) is -0.0938. The molecule has 1 aliphatic rings. The zero-order chi connectivity index (χ0) is 14.0. The van der Waals surface area contributed by atoms with E-state index < -0.39 is 10.7 Å². The Morgan fingerprint density at radius 1 is 1.55 bits per heavy atom.